The van der Waals surface area contributed by atoms with Gasteiger partial charge >= 0.3 is 0 Å². The van der Waals surface area contributed by atoms with E-state index < -0.39 is 20.1 Å². The number of benzene rings is 3. The van der Waals surface area contributed by atoms with E-state index in [9.17, 15) is 16.8 Å². The number of sulfonamides is 1. The number of anilines is 1. The van der Waals surface area contributed by atoms with Gasteiger partial charge in [0.25, 0.3) is 10.1 Å². The van der Waals surface area contributed by atoms with Crippen LogP contribution < -0.4 is 9.62 Å². The van der Waals surface area contributed by atoms with E-state index in [4.69, 9.17) is 4.18 Å². The lowest BCUT2D eigenvalue weighted by molar-refractivity contribution is 0.308. The quantitative estimate of drug-likeness (QED) is 0.354. The molecular formula is C23H28N2O5S2. The normalized spacial score (nSPS) is 12.2. The maximum atomic E-state index is 12.9. The van der Waals surface area contributed by atoms with Crippen molar-refractivity contribution in [2.24, 2.45) is 0 Å². The van der Waals surface area contributed by atoms with Gasteiger partial charge in [-0.05, 0) is 44.0 Å². The van der Waals surface area contributed by atoms with Gasteiger partial charge in [0.15, 0.2) is 0 Å². The van der Waals surface area contributed by atoms with E-state index in [1.807, 2.05) is 44.1 Å². The number of hydrogen-bond acceptors (Lipinski definition) is 6. The van der Waals surface area contributed by atoms with Crippen LogP contribution in [-0.2, 0) is 24.3 Å². The van der Waals surface area contributed by atoms with Crippen LogP contribution in [0.15, 0.2) is 70.5 Å². The molecule has 3 aromatic rings. The van der Waals surface area contributed by atoms with E-state index in [0.717, 1.165) is 16.6 Å². The van der Waals surface area contributed by atoms with E-state index in [1.165, 1.54) is 12.1 Å². The van der Waals surface area contributed by atoms with Gasteiger partial charge in [0, 0.05) is 37.1 Å². The summed E-state index contributed by atoms with van der Waals surface area (Å²) in [5, 5.41) is 1.51. The topological polar surface area (TPSA) is 92.8 Å². The summed E-state index contributed by atoms with van der Waals surface area (Å²) >= 11 is 0. The molecule has 0 atom stereocenters. The average Bonchev–Trinajstić information content (AvgIpc) is 2.75. The zero-order valence-corrected chi connectivity index (χ0v) is 20.0. The fraction of sp³-hybridized carbons (Fsp3) is 0.304. The Kier molecular flexibility index (Phi) is 7.55. The Morgan fingerprint density at radius 1 is 0.844 bits per heavy atom. The fourth-order valence-corrected chi connectivity index (χ4v) is 5.58. The molecule has 7 nitrogen and oxygen atoms in total. The highest BCUT2D eigenvalue weighted by atomic mass is 32.2. The molecule has 0 fully saturated rings. The molecule has 0 aromatic heterocycles. The van der Waals surface area contributed by atoms with Gasteiger partial charge in [0.05, 0.1) is 16.4 Å². The van der Waals surface area contributed by atoms with E-state index in [2.05, 4.69) is 4.72 Å². The van der Waals surface area contributed by atoms with E-state index in [1.54, 1.807) is 30.3 Å². The molecule has 32 heavy (non-hydrogen) atoms. The number of nitrogens with one attached hydrogen (secondary N) is 1. The van der Waals surface area contributed by atoms with Gasteiger partial charge in [0.1, 0.15) is 0 Å². The minimum Gasteiger partial charge on any atom is -0.377 e. The Balaban J connectivity index is 1.57. The molecule has 0 aliphatic rings. The van der Waals surface area contributed by atoms with E-state index >= 15 is 0 Å². The summed E-state index contributed by atoms with van der Waals surface area (Å²) in [7, 11) is -3.71. The third kappa shape index (κ3) is 5.66. The Hall–Kier alpha value is -2.46. The second kappa shape index (κ2) is 9.99. The van der Waals surface area contributed by atoms with Crippen LogP contribution in [0, 0.1) is 6.92 Å². The van der Waals surface area contributed by atoms with Crippen molar-refractivity contribution in [3.63, 3.8) is 0 Å². The first-order valence-electron chi connectivity index (χ1n) is 10.3. The SMILES string of the molecule is Cc1ccc(S(=O)(=O)OCCCCNS(=O)(=O)c2cccc3c(N(C)C)cccc23)cc1. The minimum absolute atomic E-state index is 0.0155. The molecule has 0 heterocycles. The van der Waals surface area contributed by atoms with Crippen LogP contribution >= 0.6 is 0 Å². The van der Waals surface area contributed by atoms with Gasteiger partial charge in [-0.2, -0.15) is 8.42 Å². The third-order valence-corrected chi connectivity index (χ3v) is 7.89. The molecule has 1 N–H and O–H groups in total. The Bertz CT molecular complexity index is 1290. The number of aryl methyl sites for hydroxylation is 1. The second-order valence-corrected chi connectivity index (χ2v) is 11.1. The van der Waals surface area contributed by atoms with Crippen molar-refractivity contribution in [3.8, 4) is 0 Å². The molecule has 172 valence electrons. The van der Waals surface area contributed by atoms with E-state index in [0.29, 0.717) is 18.2 Å². The lowest BCUT2D eigenvalue weighted by atomic mass is 10.1. The first-order chi connectivity index (χ1) is 15.1. The van der Waals surface area contributed by atoms with Crippen molar-refractivity contribution in [1.82, 2.24) is 4.72 Å². The molecule has 0 aliphatic carbocycles. The summed E-state index contributed by atoms with van der Waals surface area (Å²) in [6.07, 6.45) is 0.838. The molecule has 0 spiro atoms. The summed E-state index contributed by atoms with van der Waals surface area (Å²) in [6.45, 7) is 2.04. The highest BCUT2D eigenvalue weighted by molar-refractivity contribution is 7.89. The van der Waals surface area contributed by atoms with Gasteiger partial charge in [-0.25, -0.2) is 13.1 Å². The van der Waals surface area contributed by atoms with Crippen molar-refractivity contribution in [2.45, 2.75) is 29.6 Å². The molecular weight excluding hydrogens is 448 g/mol. The maximum absolute atomic E-state index is 12.9. The molecule has 9 heteroatoms. The zero-order chi connectivity index (χ0) is 23.4. The molecule has 3 aromatic carbocycles. The minimum atomic E-state index is -3.81. The first-order valence-corrected chi connectivity index (χ1v) is 13.2. The monoisotopic (exact) mass is 476 g/mol. The molecule has 0 unspecified atom stereocenters. The smallest absolute Gasteiger partial charge is 0.296 e. The number of fused-ring (bicyclic) bond motifs is 1. The van der Waals surface area contributed by atoms with Crippen LogP contribution in [0.3, 0.4) is 0 Å². The van der Waals surface area contributed by atoms with Crippen LogP contribution in [0.1, 0.15) is 18.4 Å². The number of hydrogen-bond donors (Lipinski definition) is 1. The Labute approximate surface area is 190 Å². The van der Waals surface area contributed by atoms with Gasteiger partial charge in [-0.1, -0.05) is 42.0 Å². The highest BCUT2D eigenvalue weighted by Gasteiger charge is 2.18. The van der Waals surface area contributed by atoms with Crippen molar-refractivity contribution >= 4 is 36.6 Å². The van der Waals surface area contributed by atoms with Crippen LogP contribution in [0.25, 0.3) is 10.8 Å². The van der Waals surface area contributed by atoms with Gasteiger partial charge in [-0.15, -0.1) is 0 Å². The fourth-order valence-electron chi connectivity index (χ4n) is 3.34. The second-order valence-electron chi connectivity index (χ2n) is 7.72. The summed E-state index contributed by atoms with van der Waals surface area (Å²) in [4.78, 5) is 2.27. The largest absolute Gasteiger partial charge is 0.377 e. The van der Waals surface area contributed by atoms with Crippen molar-refractivity contribution < 1.29 is 21.0 Å². The molecule has 3 rings (SSSR count). The van der Waals surface area contributed by atoms with Gasteiger partial charge < -0.3 is 4.90 Å². The van der Waals surface area contributed by atoms with E-state index in [-0.39, 0.29) is 22.9 Å². The summed E-state index contributed by atoms with van der Waals surface area (Å²) < 4.78 is 57.8. The zero-order valence-electron chi connectivity index (χ0n) is 18.4. The molecule has 0 amide bonds. The molecule has 0 saturated carbocycles. The molecule has 0 bridgehead atoms. The van der Waals surface area contributed by atoms with Gasteiger partial charge in [0.2, 0.25) is 10.0 Å². The van der Waals surface area contributed by atoms with Gasteiger partial charge in [-0.3, -0.25) is 4.18 Å². The van der Waals surface area contributed by atoms with Crippen LogP contribution in [0.2, 0.25) is 0 Å². The number of unbranched alkanes of at least 4 members (excludes halogenated alkanes) is 1. The highest BCUT2D eigenvalue weighted by Crippen LogP contribution is 2.30. The molecule has 0 aliphatic heterocycles. The first kappa shape index (κ1) is 24.2. The average molecular weight is 477 g/mol. The summed E-state index contributed by atoms with van der Waals surface area (Å²) in [5.41, 5.74) is 1.90. The van der Waals surface area contributed by atoms with Crippen LogP contribution in [0.5, 0.6) is 0 Å². The van der Waals surface area contributed by atoms with Crippen LogP contribution in [0.4, 0.5) is 5.69 Å². The number of rotatable bonds is 10. The molecule has 0 radical (unpaired) electrons. The summed E-state index contributed by atoms with van der Waals surface area (Å²) in [6, 6.07) is 17.2. The standard InChI is InChI=1S/C23H28N2O5S2/c1-18-12-14-19(15-13-18)32(28,29)30-17-5-4-16-24-31(26,27)23-11-7-8-20-21(23)9-6-10-22(20)25(2)3/h6-15,24H,4-5,16-17H2,1-3H3. The third-order valence-electron chi connectivity index (χ3n) is 5.04. The predicted molar refractivity (Wildman–Crippen MR) is 127 cm³/mol. The Morgan fingerprint density at radius 3 is 2.19 bits per heavy atom. The van der Waals surface area contributed by atoms with Crippen molar-refractivity contribution in [1.29, 1.82) is 0 Å². The Morgan fingerprint density at radius 2 is 1.50 bits per heavy atom. The van der Waals surface area contributed by atoms with Crippen LogP contribution in [-0.4, -0.2) is 44.1 Å². The number of nitrogens with zero attached hydrogens (tertiary/aromatic N) is 1. The molecule has 0 saturated heterocycles. The predicted octanol–water partition coefficient (Wildman–Crippen LogP) is 3.68. The van der Waals surface area contributed by atoms with Crippen molar-refractivity contribution in [2.75, 3.05) is 32.1 Å². The van der Waals surface area contributed by atoms with Crippen molar-refractivity contribution in [3.05, 3.63) is 66.2 Å². The maximum Gasteiger partial charge on any atom is 0.296 e. The lowest BCUT2D eigenvalue weighted by Crippen LogP contribution is -2.25. The summed E-state index contributed by atoms with van der Waals surface area (Å²) in [5.74, 6) is 0. The lowest BCUT2D eigenvalue weighted by Gasteiger charge is -2.17.